The van der Waals surface area contributed by atoms with Crippen molar-refractivity contribution in [2.45, 2.75) is 25.2 Å². The maximum absolute atomic E-state index is 11.9. The number of benzene rings is 1. The summed E-state index contributed by atoms with van der Waals surface area (Å²) in [5.41, 5.74) is 6.51. The lowest BCUT2D eigenvalue weighted by Crippen LogP contribution is -2.40. The number of rotatable bonds is 3. The molecule has 18 heavy (non-hydrogen) atoms. The van der Waals surface area contributed by atoms with Crippen molar-refractivity contribution in [3.05, 3.63) is 35.9 Å². The first-order valence-electron chi connectivity index (χ1n) is 6.06. The highest BCUT2D eigenvalue weighted by molar-refractivity contribution is 5.68. The van der Waals surface area contributed by atoms with Crippen LogP contribution in [0.2, 0.25) is 0 Å². The van der Waals surface area contributed by atoms with E-state index >= 15 is 0 Å². The fraction of sp³-hybridized carbons (Fsp3) is 0.462. The second-order valence-corrected chi connectivity index (χ2v) is 4.47. The number of hydrogen-bond donors (Lipinski definition) is 2. The Bertz CT molecular complexity index is 396. The highest BCUT2D eigenvalue weighted by Gasteiger charge is 2.34. The van der Waals surface area contributed by atoms with Gasteiger partial charge in [0.15, 0.2) is 0 Å². The Labute approximate surface area is 106 Å². The van der Waals surface area contributed by atoms with Crippen molar-refractivity contribution in [2.24, 2.45) is 5.73 Å². The molecule has 0 saturated carbocycles. The van der Waals surface area contributed by atoms with Crippen LogP contribution in [-0.4, -0.2) is 41.3 Å². The molecule has 1 saturated heterocycles. The molecule has 0 aliphatic carbocycles. The van der Waals surface area contributed by atoms with Gasteiger partial charge in [0.1, 0.15) is 6.61 Å². The summed E-state index contributed by atoms with van der Waals surface area (Å²) in [6.07, 6.45) is -0.384. The van der Waals surface area contributed by atoms with E-state index in [9.17, 15) is 9.90 Å². The molecule has 0 radical (unpaired) electrons. The van der Waals surface area contributed by atoms with E-state index in [1.54, 1.807) is 0 Å². The van der Waals surface area contributed by atoms with Crippen LogP contribution in [0.15, 0.2) is 30.3 Å². The number of ether oxygens (including phenoxy) is 1. The Hall–Kier alpha value is -1.59. The van der Waals surface area contributed by atoms with Gasteiger partial charge >= 0.3 is 6.09 Å². The summed E-state index contributed by atoms with van der Waals surface area (Å²) in [5.74, 6) is 0. The number of aliphatic hydroxyl groups is 1. The third-order valence-corrected chi connectivity index (χ3v) is 3.10. The molecule has 5 nitrogen and oxygen atoms in total. The second kappa shape index (κ2) is 5.84. The lowest BCUT2D eigenvalue weighted by Gasteiger charge is -2.22. The van der Waals surface area contributed by atoms with E-state index < -0.39 is 12.2 Å². The summed E-state index contributed by atoms with van der Waals surface area (Å²) in [6, 6.07) is 9.37. The zero-order chi connectivity index (χ0) is 13.0. The maximum atomic E-state index is 11.9. The summed E-state index contributed by atoms with van der Waals surface area (Å²) in [4.78, 5) is 13.4. The summed E-state index contributed by atoms with van der Waals surface area (Å²) >= 11 is 0. The first-order valence-corrected chi connectivity index (χ1v) is 6.06. The first-order chi connectivity index (χ1) is 8.70. The van der Waals surface area contributed by atoms with Gasteiger partial charge in [0.05, 0.1) is 12.6 Å². The fourth-order valence-electron chi connectivity index (χ4n) is 2.14. The molecule has 0 bridgehead atoms. The van der Waals surface area contributed by atoms with E-state index in [1.807, 2.05) is 30.3 Å². The normalized spacial score (nSPS) is 23.1. The van der Waals surface area contributed by atoms with Crippen LogP contribution >= 0.6 is 0 Å². The Kier molecular flexibility index (Phi) is 4.17. The van der Waals surface area contributed by atoms with E-state index in [-0.39, 0.29) is 12.6 Å². The van der Waals surface area contributed by atoms with Crippen molar-refractivity contribution in [1.82, 2.24) is 4.90 Å². The fourth-order valence-corrected chi connectivity index (χ4v) is 2.14. The molecule has 1 amide bonds. The summed E-state index contributed by atoms with van der Waals surface area (Å²) in [5, 5.41) is 9.53. The van der Waals surface area contributed by atoms with E-state index in [4.69, 9.17) is 10.5 Å². The predicted octanol–water partition coefficient (Wildman–Crippen LogP) is 0.717. The lowest BCUT2D eigenvalue weighted by atomic mass is 10.2. The van der Waals surface area contributed by atoms with Crippen molar-refractivity contribution in [2.75, 3.05) is 13.1 Å². The molecule has 1 aliphatic heterocycles. The molecule has 1 aromatic carbocycles. The van der Waals surface area contributed by atoms with Crippen molar-refractivity contribution in [3.8, 4) is 0 Å². The van der Waals surface area contributed by atoms with Gasteiger partial charge in [-0.05, 0) is 12.0 Å². The van der Waals surface area contributed by atoms with Crippen molar-refractivity contribution < 1.29 is 14.6 Å². The highest BCUT2D eigenvalue weighted by Crippen LogP contribution is 2.18. The number of carbonyl (C=O) groups excluding carboxylic acids is 1. The number of carbonyl (C=O) groups is 1. The smallest absolute Gasteiger partial charge is 0.410 e. The minimum absolute atomic E-state index is 0.122. The second-order valence-electron chi connectivity index (χ2n) is 4.47. The Morgan fingerprint density at radius 1 is 1.44 bits per heavy atom. The van der Waals surface area contributed by atoms with Gasteiger partial charge in [-0.1, -0.05) is 30.3 Å². The third kappa shape index (κ3) is 3.00. The average molecular weight is 250 g/mol. The summed E-state index contributed by atoms with van der Waals surface area (Å²) in [7, 11) is 0. The Morgan fingerprint density at radius 3 is 2.83 bits per heavy atom. The van der Waals surface area contributed by atoms with E-state index in [2.05, 4.69) is 0 Å². The standard InChI is InChI=1S/C13H18N2O3/c14-7-11-6-12(16)8-15(11)13(17)18-9-10-4-2-1-3-5-10/h1-5,11-12,16H,6-9,14H2/t11-,12-/m1/s1. The van der Waals surface area contributed by atoms with E-state index in [1.165, 1.54) is 4.90 Å². The minimum atomic E-state index is -0.497. The predicted molar refractivity (Wildman–Crippen MR) is 66.8 cm³/mol. The topological polar surface area (TPSA) is 75.8 Å². The summed E-state index contributed by atoms with van der Waals surface area (Å²) < 4.78 is 5.21. The molecule has 1 fully saturated rings. The van der Waals surface area contributed by atoms with Crippen LogP contribution in [0.25, 0.3) is 0 Å². The number of likely N-dealkylation sites (tertiary alicyclic amines) is 1. The molecular formula is C13H18N2O3. The quantitative estimate of drug-likeness (QED) is 0.828. The van der Waals surface area contributed by atoms with Crippen LogP contribution < -0.4 is 5.73 Å². The molecule has 5 heteroatoms. The van der Waals surface area contributed by atoms with Crippen molar-refractivity contribution >= 4 is 6.09 Å². The number of aliphatic hydroxyl groups excluding tert-OH is 1. The molecule has 1 aromatic rings. The van der Waals surface area contributed by atoms with Crippen molar-refractivity contribution in [3.63, 3.8) is 0 Å². The van der Waals surface area contributed by atoms with Gasteiger partial charge < -0.3 is 20.5 Å². The molecule has 2 rings (SSSR count). The number of nitrogens with zero attached hydrogens (tertiary/aromatic N) is 1. The van der Waals surface area contributed by atoms with Gasteiger partial charge in [-0.25, -0.2) is 4.79 Å². The number of β-amino-alcohol motifs (C(OH)–C–C–N with tert-alkyl or cyclic N) is 1. The van der Waals surface area contributed by atoms with Gasteiger partial charge in [0.2, 0.25) is 0 Å². The molecular weight excluding hydrogens is 232 g/mol. The molecule has 98 valence electrons. The number of nitrogens with two attached hydrogens (primary N) is 1. The largest absolute Gasteiger partial charge is 0.445 e. The third-order valence-electron chi connectivity index (χ3n) is 3.10. The zero-order valence-electron chi connectivity index (χ0n) is 10.2. The molecule has 1 heterocycles. The van der Waals surface area contributed by atoms with Gasteiger partial charge in [0, 0.05) is 12.6 Å². The van der Waals surface area contributed by atoms with Gasteiger partial charge in [-0.3, -0.25) is 0 Å². The molecule has 0 aromatic heterocycles. The van der Waals surface area contributed by atoms with Crippen LogP contribution in [0.5, 0.6) is 0 Å². The number of hydrogen-bond acceptors (Lipinski definition) is 4. The van der Waals surface area contributed by atoms with E-state index in [0.29, 0.717) is 19.5 Å². The average Bonchev–Trinajstić information content (AvgIpc) is 2.78. The van der Waals surface area contributed by atoms with Crippen LogP contribution in [0.4, 0.5) is 4.79 Å². The Morgan fingerprint density at radius 2 is 2.17 bits per heavy atom. The van der Waals surface area contributed by atoms with Crippen molar-refractivity contribution in [1.29, 1.82) is 0 Å². The van der Waals surface area contributed by atoms with E-state index in [0.717, 1.165) is 5.56 Å². The zero-order valence-corrected chi connectivity index (χ0v) is 10.2. The monoisotopic (exact) mass is 250 g/mol. The van der Waals surface area contributed by atoms with Crippen LogP contribution in [0.3, 0.4) is 0 Å². The summed E-state index contributed by atoms with van der Waals surface area (Å²) in [6.45, 7) is 0.885. The van der Waals surface area contributed by atoms with Gasteiger partial charge in [0.25, 0.3) is 0 Å². The Balaban J connectivity index is 1.88. The molecule has 0 spiro atoms. The highest BCUT2D eigenvalue weighted by atomic mass is 16.6. The van der Waals surface area contributed by atoms with Gasteiger partial charge in [-0.2, -0.15) is 0 Å². The van der Waals surface area contributed by atoms with Crippen LogP contribution in [0.1, 0.15) is 12.0 Å². The maximum Gasteiger partial charge on any atom is 0.410 e. The lowest BCUT2D eigenvalue weighted by molar-refractivity contribution is 0.0885. The molecule has 0 unspecified atom stereocenters. The van der Waals surface area contributed by atoms with Crippen LogP contribution in [-0.2, 0) is 11.3 Å². The van der Waals surface area contributed by atoms with Gasteiger partial charge in [-0.15, -0.1) is 0 Å². The first kappa shape index (κ1) is 12.9. The minimum Gasteiger partial charge on any atom is -0.445 e. The molecule has 3 N–H and O–H groups in total. The SMILES string of the molecule is NC[C@H]1C[C@@H](O)CN1C(=O)OCc1ccccc1. The molecule has 1 aliphatic rings. The molecule has 2 atom stereocenters. The van der Waals surface area contributed by atoms with Crippen LogP contribution in [0, 0.1) is 0 Å². The number of amides is 1.